The Bertz CT molecular complexity index is 389. The molecule has 0 aliphatic rings. The number of nitrogens with zero attached hydrogens (tertiary/aromatic N) is 2. The van der Waals surface area contributed by atoms with Crippen LogP contribution in [0.3, 0.4) is 0 Å². The largest absolute Gasteiger partial charge is 0.348 e. The SMILES string of the molecule is CCCCCNC(=O)C(=O)NC(C)Cn1cccn1. The molecule has 19 heavy (non-hydrogen) atoms. The molecule has 1 atom stereocenters. The van der Waals surface area contributed by atoms with Gasteiger partial charge in [-0.25, -0.2) is 0 Å². The van der Waals surface area contributed by atoms with E-state index in [0.717, 1.165) is 19.3 Å². The summed E-state index contributed by atoms with van der Waals surface area (Å²) < 4.78 is 1.71. The van der Waals surface area contributed by atoms with Gasteiger partial charge in [0.1, 0.15) is 0 Å². The molecule has 0 aliphatic heterocycles. The Labute approximate surface area is 113 Å². The molecule has 0 bridgehead atoms. The number of unbranched alkanes of at least 4 members (excludes halogenated alkanes) is 2. The van der Waals surface area contributed by atoms with Gasteiger partial charge in [0, 0.05) is 25.0 Å². The van der Waals surface area contributed by atoms with Crippen molar-refractivity contribution in [2.24, 2.45) is 0 Å². The van der Waals surface area contributed by atoms with Gasteiger partial charge in [0.25, 0.3) is 0 Å². The van der Waals surface area contributed by atoms with Gasteiger partial charge in [-0.3, -0.25) is 14.3 Å². The molecule has 6 heteroatoms. The highest BCUT2D eigenvalue weighted by Crippen LogP contribution is 1.92. The third-order valence-corrected chi connectivity index (χ3v) is 2.67. The van der Waals surface area contributed by atoms with E-state index in [1.54, 1.807) is 10.9 Å². The molecule has 1 unspecified atom stereocenters. The predicted molar refractivity (Wildman–Crippen MR) is 72.4 cm³/mol. The molecule has 0 saturated heterocycles. The van der Waals surface area contributed by atoms with Crippen molar-refractivity contribution < 1.29 is 9.59 Å². The zero-order chi connectivity index (χ0) is 14.1. The highest BCUT2D eigenvalue weighted by atomic mass is 16.2. The summed E-state index contributed by atoms with van der Waals surface area (Å²) in [6.45, 7) is 5.02. The van der Waals surface area contributed by atoms with Gasteiger partial charge >= 0.3 is 11.8 Å². The van der Waals surface area contributed by atoms with E-state index >= 15 is 0 Å². The van der Waals surface area contributed by atoms with Crippen LogP contribution in [0.4, 0.5) is 0 Å². The molecule has 2 N–H and O–H groups in total. The summed E-state index contributed by atoms with van der Waals surface area (Å²) in [5.74, 6) is -1.15. The fourth-order valence-corrected chi connectivity index (χ4v) is 1.68. The van der Waals surface area contributed by atoms with Gasteiger partial charge in [0.2, 0.25) is 0 Å². The summed E-state index contributed by atoms with van der Waals surface area (Å²) in [5, 5.41) is 9.30. The van der Waals surface area contributed by atoms with Gasteiger partial charge in [-0.1, -0.05) is 19.8 Å². The number of aromatic nitrogens is 2. The maximum absolute atomic E-state index is 11.6. The molecule has 0 fully saturated rings. The second-order valence-electron chi connectivity index (χ2n) is 4.57. The second-order valence-corrected chi connectivity index (χ2v) is 4.57. The average Bonchev–Trinajstić information content (AvgIpc) is 2.86. The minimum Gasteiger partial charge on any atom is -0.348 e. The Balaban J connectivity index is 2.23. The first kappa shape index (κ1) is 15.2. The van der Waals surface area contributed by atoms with E-state index < -0.39 is 11.8 Å². The highest BCUT2D eigenvalue weighted by Gasteiger charge is 2.15. The molecule has 1 rings (SSSR count). The Morgan fingerprint density at radius 1 is 1.32 bits per heavy atom. The van der Waals surface area contributed by atoms with Crippen molar-refractivity contribution in [2.75, 3.05) is 6.54 Å². The number of carbonyl (C=O) groups excluding carboxylic acids is 2. The van der Waals surface area contributed by atoms with Crippen LogP contribution < -0.4 is 10.6 Å². The molecule has 0 saturated carbocycles. The van der Waals surface area contributed by atoms with E-state index in [2.05, 4.69) is 22.7 Å². The molecule has 106 valence electrons. The average molecular weight is 266 g/mol. The monoisotopic (exact) mass is 266 g/mol. The lowest BCUT2D eigenvalue weighted by molar-refractivity contribution is -0.139. The fraction of sp³-hybridized carbons (Fsp3) is 0.615. The van der Waals surface area contributed by atoms with Crippen LogP contribution in [0.15, 0.2) is 18.5 Å². The first-order valence-corrected chi connectivity index (χ1v) is 6.69. The Hall–Kier alpha value is -1.85. The molecule has 6 nitrogen and oxygen atoms in total. The molecular formula is C13H22N4O2. The lowest BCUT2D eigenvalue weighted by Crippen LogP contribution is -2.45. The Kier molecular flexibility index (Phi) is 6.63. The summed E-state index contributed by atoms with van der Waals surface area (Å²) in [5.41, 5.74) is 0. The van der Waals surface area contributed by atoms with Crippen LogP contribution in [-0.2, 0) is 16.1 Å². The van der Waals surface area contributed by atoms with Gasteiger partial charge in [-0.15, -0.1) is 0 Å². The minimum absolute atomic E-state index is 0.145. The number of hydrogen-bond acceptors (Lipinski definition) is 3. The van der Waals surface area contributed by atoms with E-state index in [1.165, 1.54) is 0 Å². The first-order valence-electron chi connectivity index (χ1n) is 6.69. The number of carbonyl (C=O) groups is 2. The fourth-order valence-electron chi connectivity index (χ4n) is 1.68. The maximum Gasteiger partial charge on any atom is 0.309 e. The van der Waals surface area contributed by atoms with Crippen molar-refractivity contribution in [3.8, 4) is 0 Å². The van der Waals surface area contributed by atoms with Crippen LogP contribution in [0.1, 0.15) is 33.1 Å². The van der Waals surface area contributed by atoms with Gasteiger partial charge in [-0.2, -0.15) is 5.10 Å². The first-order chi connectivity index (χ1) is 9.13. The smallest absolute Gasteiger partial charge is 0.309 e. The second kappa shape index (κ2) is 8.29. The van der Waals surface area contributed by atoms with Crippen molar-refractivity contribution in [1.82, 2.24) is 20.4 Å². The number of hydrogen-bond donors (Lipinski definition) is 2. The molecule has 1 aromatic heterocycles. The molecule has 1 heterocycles. The predicted octanol–water partition coefficient (Wildman–Crippen LogP) is 0.694. The molecule has 0 aliphatic carbocycles. The normalized spacial score (nSPS) is 11.9. The third-order valence-electron chi connectivity index (χ3n) is 2.67. The Morgan fingerprint density at radius 3 is 2.74 bits per heavy atom. The van der Waals surface area contributed by atoms with Gasteiger partial charge in [0.15, 0.2) is 0 Å². The summed E-state index contributed by atoms with van der Waals surface area (Å²) in [7, 11) is 0. The van der Waals surface area contributed by atoms with Crippen LogP contribution in [-0.4, -0.2) is 34.2 Å². The maximum atomic E-state index is 11.6. The van der Waals surface area contributed by atoms with Crippen molar-refractivity contribution in [3.05, 3.63) is 18.5 Å². The molecule has 0 spiro atoms. The summed E-state index contributed by atoms with van der Waals surface area (Å²) in [6.07, 6.45) is 6.53. The van der Waals surface area contributed by atoms with Crippen molar-refractivity contribution >= 4 is 11.8 Å². The zero-order valence-electron chi connectivity index (χ0n) is 11.6. The lowest BCUT2D eigenvalue weighted by atomic mass is 10.2. The molecular weight excluding hydrogens is 244 g/mol. The van der Waals surface area contributed by atoms with Crippen LogP contribution in [0.2, 0.25) is 0 Å². The minimum atomic E-state index is -0.587. The molecule has 0 aromatic carbocycles. The zero-order valence-corrected chi connectivity index (χ0v) is 11.6. The van der Waals surface area contributed by atoms with Crippen LogP contribution >= 0.6 is 0 Å². The topological polar surface area (TPSA) is 76.0 Å². The van der Waals surface area contributed by atoms with E-state index in [9.17, 15) is 9.59 Å². The lowest BCUT2D eigenvalue weighted by Gasteiger charge is -2.13. The summed E-state index contributed by atoms with van der Waals surface area (Å²) in [6, 6.07) is 1.67. The molecule has 1 aromatic rings. The standard InChI is InChI=1S/C13H22N4O2/c1-3-4-5-7-14-12(18)13(19)16-11(2)10-17-9-6-8-15-17/h6,8-9,11H,3-5,7,10H2,1-2H3,(H,14,18)(H,16,19). The van der Waals surface area contributed by atoms with Gasteiger partial charge in [0.05, 0.1) is 6.54 Å². The van der Waals surface area contributed by atoms with E-state index in [0.29, 0.717) is 13.1 Å². The van der Waals surface area contributed by atoms with Crippen molar-refractivity contribution in [1.29, 1.82) is 0 Å². The Morgan fingerprint density at radius 2 is 2.11 bits per heavy atom. The highest BCUT2D eigenvalue weighted by molar-refractivity contribution is 6.35. The molecule has 0 radical (unpaired) electrons. The molecule has 2 amide bonds. The van der Waals surface area contributed by atoms with Crippen LogP contribution in [0, 0.1) is 0 Å². The van der Waals surface area contributed by atoms with E-state index in [4.69, 9.17) is 0 Å². The van der Waals surface area contributed by atoms with Crippen LogP contribution in [0.5, 0.6) is 0 Å². The third kappa shape index (κ3) is 6.03. The number of nitrogens with one attached hydrogen (secondary N) is 2. The van der Waals surface area contributed by atoms with Crippen molar-refractivity contribution in [2.45, 2.75) is 45.7 Å². The van der Waals surface area contributed by atoms with Crippen LogP contribution in [0.25, 0.3) is 0 Å². The number of rotatable bonds is 7. The van der Waals surface area contributed by atoms with E-state index in [-0.39, 0.29) is 6.04 Å². The van der Waals surface area contributed by atoms with E-state index in [1.807, 2.05) is 19.2 Å². The summed E-state index contributed by atoms with van der Waals surface area (Å²) in [4.78, 5) is 23.1. The summed E-state index contributed by atoms with van der Waals surface area (Å²) >= 11 is 0. The number of amides is 2. The van der Waals surface area contributed by atoms with Crippen molar-refractivity contribution in [3.63, 3.8) is 0 Å². The van der Waals surface area contributed by atoms with Gasteiger partial charge in [-0.05, 0) is 19.4 Å². The van der Waals surface area contributed by atoms with Gasteiger partial charge < -0.3 is 10.6 Å². The quantitative estimate of drug-likeness (QED) is 0.563.